The van der Waals surface area contributed by atoms with Crippen LogP contribution in [0.5, 0.6) is 11.5 Å². The summed E-state index contributed by atoms with van der Waals surface area (Å²) >= 11 is 0. The second-order valence-corrected chi connectivity index (χ2v) is 4.48. The first-order valence-electron chi connectivity index (χ1n) is 6.33. The highest BCUT2D eigenvalue weighted by Crippen LogP contribution is 2.27. The number of aliphatic hydroxyl groups excluding tert-OH is 1. The highest BCUT2D eigenvalue weighted by molar-refractivity contribution is 5.39. The van der Waals surface area contributed by atoms with Gasteiger partial charge in [0.2, 0.25) is 0 Å². The van der Waals surface area contributed by atoms with E-state index < -0.39 is 6.10 Å². The Morgan fingerprint density at radius 3 is 2.61 bits per heavy atom. The lowest BCUT2D eigenvalue weighted by Crippen LogP contribution is -2.31. The van der Waals surface area contributed by atoms with Crippen LogP contribution < -0.4 is 9.47 Å². The van der Waals surface area contributed by atoms with Gasteiger partial charge in [0.1, 0.15) is 6.61 Å². The van der Waals surface area contributed by atoms with Gasteiger partial charge >= 0.3 is 0 Å². The maximum absolute atomic E-state index is 10.1. The Morgan fingerprint density at radius 2 is 1.94 bits per heavy atom. The smallest absolute Gasteiger partial charge is 0.161 e. The van der Waals surface area contributed by atoms with Crippen molar-refractivity contribution in [3.05, 3.63) is 24.3 Å². The molecule has 1 aliphatic rings. The zero-order valence-corrected chi connectivity index (χ0v) is 10.7. The van der Waals surface area contributed by atoms with Crippen molar-refractivity contribution in [1.29, 1.82) is 0 Å². The van der Waals surface area contributed by atoms with Crippen molar-refractivity contribution in [3.8, 4) is 11.5 Å². The van der Waals surface area contributed by atoms with Crippen LogP contribution >= 0.6 is 0 Å². The summed E-state index contributed by atoms with van der Waals surface area (Å²) < 4.78 is 16.1. The van der Waals surface area contributed by atoms with E-state index in [1.807, 2.05) is 24.3 Å². The number of benzene rings is 1. The van der Waals surface area contributed by atoms with E-state index >= 15 is 0 Å². The predicted molar refractivity (Wildman–Crippen MR) is 68.0 cm³/mol. The van der Waals surface area contributed by atoms with Crippen molar-refractivity contribution in [2.75, 3.05) is 26.9 Å². The fraction of sp³-hybridized carbons (Fsp3) is 0.571. The van der Waals surface area contributed by atoms with Crippen LogP contribution in [0, 0.1) is 5.92 Å². The number of methoxy groups -OCH3 is 1. The van der Waals surface area contributed by atoms with E-state index in [1.165, 1.54) is 0 Å². The molecule has 1 saturated heterocycles. The Balaban J connectivity index is 1.86. The summed E-state index contributed by atoms with van der Waals surface area (Å²) in [4.78, 5) is 0. The van der Waals surface area contributed by atoms with E-state index in [-0.39, 0.29) is 5.92 Å². The zero-order valence-electron chi connectivity index (χ0n) is 10.7. The molecule has 0 aromatic heterocycles. The fourth-order valence-electron chi connectivity index (χ4n) is 2.15. The van der Waals surface area contributed by atoms with Gasteiger partial charge in [-0.25, -0.2) is 0 Å². The molecule has 100 valence electrons. The van der Waals surface area contributed by atoms with Crippen molar-refractivity contribution in [2.45, 2.75) is 18.9 Å². The number of hydrogen-bond acceptors (Lipinski definition) is 4. The van der Waals surface area contributed by atoms with Crippen molar-refractivity contribution in [2.24, 2.45) is 5.92 Å². The van der Waals surface area contributed by atoms with Crippen LogP contribution in [0.3, 0.4) is 0 Å². The molecule has 4 heteroatoms. The Morgan fingerprint density at radius 1 is 1.28 bits per heavy atom. The van der Waals surface area contributed by atoms with Crippen molar-refractivity contribution < 1.29 is 19.3 Å². The topological polar surface area (TPSA) is 47.9 Å². The van der Waals surface area contributed by atoms with E-state index in [9.17, 15) is 5.11 Å². The summed E-state index contributed by atoms with van der Waals surface area (Å²) in [5.41, 5.74) is 0. The van der Waals surface area contributed by atoms with Gasteiger partial charge in [0.05, 0.1) is 13.2 Å². The molecule has 1 aromatic carbocycles. The van der Waals surface area contributed by atoms with E-state index in [2.05, 4.69) is 0 Å². The normalized spacial score (nSPS) is 18.3. The second-order valence-electron chi connectivity index (χ2n) is 4.48. The molecule has 0 spiro atoms. The second kappa shape index (κ2) is 6.61. The summed E-state index contributed by atoms with van der Waals surface area (Å²) in [5, 5.41) is 10.1. The lowest BCUT2D eigenvalue weighted by atomic mass is 9.94. The molecule has 1 aliphatic heterocycles. The third-order valence-electron chi connectivity index (χ3n) is 3.29. The van der Waals surface area contributed by atoms with Crippen LogP contribution in [-0.4, -0.2) is 38.1 Å². The number of ether oxygens (including phenoxy) is 3. The van der Waals surface area contributed by atoms with Gasteiger partial charge in [0, 0.05) is 13.2 Å². The first kappa shape index (κ1) is 13.2. The third-order valence-corrected chi connectivity index (χ3v) is 3.29. The molecule has 1 aromatic rings. The van der Waals surface area contributed by atoms with E-state index in [0.29, 0.717) is 18.1 Å². The molecule has 4 nitrogen and oxygen atoms in total. The molecule has 1 fully saturated rings. The summed E-state index contributed by atoms with van der Waals surface area (Å²) in [6.07, 6.45) is 1.35. The van der Waals surface area contributed by atoms with E-state index in [1.54, 1.807) is 7.11 Å². The first-order valence-corrected chi connectivity index (χ1v) is 6.33. The van der Waals surface area contributed by atoms with Crippen molar-refractivity contribution in [3.63, 3.8) is 0 Å². The van der Waals surface area contributed by atoms with Crippen LogP contribution in [0.15, 0.2) is 24.3 Å². The first-order chi connectivity index (χ1) is 8.81. The molecule has 1 atom stereocenters. The SMILES string of the molecule is COc1ccccc1OCC(O)C1CCOCC1. The van der Waals surface area contributed by atoms with Gasteiger partial charge in [-0.2, -0.15) is 0 Å². The summed E-state index contributed by atoms with van der Waals surface area (Å²) in [6, 6.07) is 7.46. The van der Waals surface area contributed by atoms with Gasteiger partial charge in [-0.3, -0.25) is 0 Å². The standard InChI is InChI=1S/C14H20O4/c1-16-13-4-2-3-5-14(13)18-10-12(15)11-6-8-17-9-7-11/h2-5,11-12,15H,6-10H2,1H3. The predicted octanol–water partition coefficient (Wildman–Crippen LogP) is 1.86. The Kier molecular flexibility index (Phi) is 4.84. The fourth-order valence-corrected chi connectivity index (χ4v) is 2.15. The van der Waals surface area contributed by atoms with Gasteiger partial charge in [-0.15, -0.1) is 0 Å². The van der Waals surface area contributed by atoms with Crippen LogP contribution in [0.4, 0.5) is 0 Å². The maximum Gasteiger partial charge on any atom is 0.161 e. The molecule has 1 N–H and O–H groups in total. The lowest BCUT2D eigenvalue weighted by molar-refractivity contribution is -0.0104. The molecular formula is C14H20O4. The molecule has 18 heavy (non-hydrogen) atoms. The summed E-state index contributed by atoms with van der Waals surface area (Å²) in [5.74, 6) is 1.64. The number of hydrogen-bond donors (Lipinski definition) is 1. The largest absolute Gasteiger partial charge is 0.493 e. The number of rotatable bonds is 5. The van der Waals surface area contributed by atoms with E-state index in [4.69, 9.17) is 14.2 Å². The van der Waals surface area contributed by atoms with Gasteiger partial charge in [-0.1, -0.05) is 12.1 Å². The Bertz CT molecular complexity index is 361. The molecule has 0 amide bonds. The van der Waals surface area contributed by atoms with Crippen molar-refractivity contribution >= 4 is 0 Å². The summed E-state index contributed by atoms with van der Waals surface area (Å²) in [6.45, 7) is 1.76. The minimum atomic E-state index is -0.446. The van der Waals surface area contributed by atoms with Crippen LogP contribution in [0.1, 0.15) is 12.8 Å². The average Bonchev–Trinajstić information content (AvgIpc) is 2.46. The monoisotopic (exact) mass is 252 g/mol. The van der Waals surface area contributed by atoms with Crippen LogP contribution in [0.25, 0.3) is 0 Å². The van der Waals surface area contributed by atoms with Crippen LogP contribution in [0.2, 0.25) is 0 Å². The van der Waals surface area contributed by atoms with Gasteiger partial charge in [-0.05, 0) is 30.9 Å². The molecule has 1 heterocycles. The molecule has 0 aliphatic carbocycles. The molecule has 0 bridgehead atoms. The Labute approximate surface area is 107 Å². The van der Waals surface area contributed by atoms with Crippen molar-refractivity contribution in [1.82, 2.24) is 0 Å². The molecule has 0 saturated carbocycles. The molecular weight excluding hydrogens is 232 g/mol. The third kappa shape index (κ3) is 3.37. The number of aliphatic hydroxyl groups is 1. The quantitative estimate of drug-likeness (QED) is 0.869. The maximum atomic E-state index is 10.1. The molecule has 2 rings (SSSR count). The zero-order chi connectivity index (χ0) is 12.8. The van der Waals surface area contributed by atoms with Gasteiger partial charge in [0.25, 0.3) is 0 Å². The average molecular weight is 252 g/mol. The minimum Gasteiger partial charge on any atom is -0.493 e. The summed E-state index contributed by atoms with van der Waals surface area (Å²) in [7, 11) is 1.61. The number of para-hydroxylation sites is 2. The highest BCUT2D eigenvalue weighted by Gasteiger charge is 2.22. The minimum absolute atomic E-state index is 0.272. The molecule has 0 radical (unpaired) electrons. The molecule has 1 unspecified atom stereocenters. The van der Waals surface area contributed by atoms with Gasteiger partial charge < -0.3 is 19.3 Å². The lowest BCUT2D eigenvalue weighted by Gasteiger charge is -2.26. The van der Waals surface area contributed by atoms with Crippen LogP contribution in [-0.2, 0) is 4.74 Å². The van der Waals surface area contributed by atoms with Gasteiger partial charge in [0.15, 0.2) is 11.5 Å². The Hall–Kier alpha value is -1.26. The van der Waals surface area contributed by atoms with E-state index in [0.717, 1.165) is 26.1 Å². The highest BCUT2D eigenvalue weighted by atomic mass is 16.5.